The average Bonchev–Trinajstić information content (AvgIpc) is 3.69. The number of anilines is 1. The van der Waals surface area contributed by atoms with E-state index < -0.39 is 11.0 Å². The van der Waals surface area contributed by atoms with Crippen molar-refractivity contribution >= 4 is 16.7 Å². The molecule has 2 aliphatic rings. The van der Waals surface area contributed by atoms with Gasteiger partial charge in [0.05, 0.1) is 35.2 Å². The number of ether oxygens (including phenoxy) is 1. The molecule has 1 saturated carbocycles. The van der Waals surface area contributed by atoms with Crippen LogP contribution in [0.4, 0.5) is 5.69 Å². The van der Waals surface area contributed by atoms with Crippen molar-refractivity contribution < 1.29 is 8.95 Å². The van der Waals surface area contributed by atoms with Gasteiger partial charge in [-0.2, -0.15) is 9.78 Å². The van der Waals surface area contributed by atoms with Crippen molar-refractivity contribution in [3.05, 3.63) is 82.8 Å². The van der Waals surface area contributed by atoms with E-state index in [0.717, 1.165) is 24.1 Å². The highest BCUT2D eigenvalue weighted by Crippen LogP contribution is 2.32. The van der Waals surface area contributed by atoms with E-state index in [2.05, 4.69) is 10.00 Å². The summed E-state index contributed by atoms with van der Waals surface area (Å²) in [5, 5.41) is 4.45. The van der Waals surface area contributed by atoms with Crippen LogP contribution < -0.4 is 15.2 Å². The Morgan fingerprint density at radius 1 is 0.939 bits per heavy atom. The van der Waals surface area contributed by atoms with Gasteiger partial charge in [0, 0.05) is 26.2 Å². The van der Waals surface area contributed by atoms with Gasteiger partial charge in [0.1, 0.15) is 5.69 Å². The number of piperazine rings is 1. The number of aromatic nitrogens is 2. The van der Waals surface area contributed by atoms with Crippen LogP contribution in [0.2, 0.25) is 0 Å². The van der Waals surface area contributed by atoms with Crippen molar-refractivity contribution in [3.8, 4) is 11.4 Å². The molecule has 33 heavy (non-hydrogen) atoms. The number of nitrogens with zero attached hydrogens (tertiary/aromatic N) is 4. The maximum Gasteiger partial charge on any atom is 0.316 e. The van der Waals surface area contributed by atoms with E-state index in [0.29, 0.717) is 55.9 Å². The molecule has 1 saturated heterocycles. The SMILES string of the molecule is O=c1c(OCC2CC2)c(N2CCN(S(=O)Cc3ccccc3)CC2)cnn1-c1ccccc1. The zero-order valence-electron chi connectivity index (χ0n) is 18.5. The maximum atomic E-state index is 13.3. The highest BCUT2D eigenvalue weighted by Gasteiger charge is 2.28. The fourth-order valence-corrected chi connectivity index (χ4v) is 5.20. The first kappa shape index (κ1) is 21.9. The van der Waals surface area contributed by atoms with Gasteiger partial charge in [-0.05, 0) is 36.5 Å². The third-order valence-corrected chi connectivity index (χ3v) is 7.60. The molecule has 0 bridgehead atoms. The Hall–Kier alpha value is -2.97. The number of hydrogen-bond donors (Lipinski definition) is 0. The van der Waals surface area contributed by atoms with Gasteiger partial charge in [-0.1, -0.05) is 48.5 Å². The standard InChI is InChI=1S/C25H28N4O3S/c30-25-24(32-18-20-11-12-20)23(17-26-29(25)22-9-5-2-6-10-22)27-13-15-28(16-14-27)33(31)19-21-7-3-1-4-8-21/h1-10,17,20H,11-16,18-19H2. The lowest BCUT2D eigenvalue weighted by Gasteiger charge is -2.35. The predicted octanol–water partition coefficient (Wildman–Crippen LogP) is 3.01. The molecule has 1 aromatic heterocycles. The summed E-state index contributed by atoms with van der Waals surface area (Å²) in [6.07, 6.45) is 4.03. The molecule has 5 rings (SSSR count). The Bertz CT molecular complexity index is 1160. The van der Waals surface area contributed by atoms with E-state index in [1.807, 2.05) is 65.0 Å². The molecule has 2 fully saturated rings. The highest BCUT2D eigenvalue weighted by molar-refractivity contribution is 7.81. The average molecular weight is 465 g/mol. The van der Waals surface area contributed by atoms with E-state index in [4.69, 9.17) is 4.74 Å². The molecule has 172 valence electrons. The molecular weight excluding hydrogens is 436 g/mol. The minimum atomic E-state index is -1.07. The third kappa shape index (κ3) is 5.17. The van der Waals surface area contributed by atoms with Gasteiger partial charge in [0.2, 0.25) is 5.75 Å². The van der Waals surface area contributed by atoms with E-state index in [1.165, 1.54) is 4.68 Å². The fraction of sp³-hybridized carbons (Fsp3) is 0.360. The number of rotatable bonds is 8. The minimum absolute atomic E-state index is 0.241. The van der Waals surface area contributed by atoms with Crippen LogP contribution in [0.1, 0.15) is 18.4 Å². The summed E-state index contributed by atoms with van der Waals surface area (Å²) in [6, 6.07) is 19.3. The van der Waals surface area contributed by atoms with Gasteiger partial charge in [0.25, 0.3) is 0 Å². The Kier molecular flexibility index (Phi) is 6.55. The molecular formula is C25H28N4O3S. The van der Waals surface area contributed by atoms with Crippen molar-refractivity contribution in [2.45, 2.75) is 18.6 Å². The van der Waals surface area contributed by atoms with Gasteiger partial charge >= 0.3 is 5.56 Å². The van der Waals surface area contributed by atoms with Crippen LogP contribution in [-0.4, -0.2) is 51.1 Å². The van der Waals surface area contributed by atoms with Crippen LogP contribution in [0.15, 0.2) is 71.7 Å². The van der Waals surface area contributed by atoms with Crippen LogP contribution >= 0.6 is 0 Å². The first-order chi connectivity index (χ1) is 16.2. The van der Waals surface area contributed by atoms with Crippen molar-refractivity contribution in [3.63, 3.8) is 0 Å². The second-order valence-electron chi connectivity index (χ2n) is 8.53. The summed E-state index contributed by atoms with van der Waals surface area (Å²) in [4.78, 5) is 15.5. The summed E-state index contributed by atoms with van der Waals surface area (Å²) in [5.74, 6) is 1.41. The molecule has 1 unspecified atom stereocenters. The molecule has 1 aliphatic carbocycles. The second kappa shape index (κ2) is 9.89. The van der Waals surface area contributed by atoms with Crippen LogP contribution in [0.3, 0.4) is 0 Å². The molecule has 0 amide bonds. The first-order valence-corrected chi connectivity index (χ1v) is 12.7. The first-order valence-electron chi connectivity index (χ1n) is 11.4. The third-order valence-electron chi connectivity index (χ3n) is 6.08. The van der Waals surface area contributed by atoms with E-state index in [-0.39, 0.29) is 5.56 Å². The summed E-state index contributed by atoms with van der Waals surface area (Å²) in [5.41, 5.74) is 2.27. The van der Waals surface area contributed by atoms with E-state index >= 15 is 0 Å². The van der Waals surface area contributed by atoms with Gasteiger partial charge < -0.3 is 9.64 Å². The van der Waals surface area contributed by atoms with Gasteiger partial charge in [-0.15, -0.1) is 0 Å². The molecule has 1 atom stereocenters. The van der Waals surface area contributed by atoms with E-state index in [9.17, 15) is 9.00 Å². The number of hydrogen-bond acceptors (Lipinski definition) is 5. The summed E-state index contributed by atoms with van der Waals surface area (Å²) in [6.45, 7) is 3.20. The molecule has 7 nitrogen and oxygen atoms in total. The smallest absolute Gasteiger partial charge is 0.316 e. The van der Waals surface area contributed by atoms with E-state index in [1.54, 1.807) is 6.20 Å². The molecule has 3 aromatic rings. The second-order valence-corrected chi connectivity index (χ2v) is 9.98. The monoisotopic (exact) mass is 464 g/mol. The minimum Gasteiger partial charge on any atom is -0.486 e. The zero-order chi connectivity index (χ0) is 22.6. The van der Waals surface area contributed by atoms with Crippen LogP contribution in [0, 0.1) is 5.92 Å². The Morgan fingerprint density at radius 3 is 2.27 bits per heavy atom. The molecule has 0 N–H and O–H groups in total. The molecule has 0 spiro atoms. The van der Waals surface area contributed by atoms with Gasteiger partial charge in [-0.25, -0.2) is 8.51 Å². The van der Waals surface area contributed by atoms with Crippen LogP contribution in [-0.2, 0) is 16.7 Å². The Labute approximate surface area is 196 Å². The lowest BCUT2D eigenvalue weighted by Crippen LogP contribution is -2.47. The van der Waals surface area contributed by atoms with Crippen LogP contribution in [0.25, 0.3) is 5.69 Å². The summed E-state index contributed by atoms with van der Waals surface area (Å²) in [7, 11) is -1.07. The lowest BCUT2D eigenvalue weighted by molar-refractivity contribution is 0.292. The lowest BCUT2D eigenvalue weighted by atomic mass is 10.2. The number of para-hydroxylation sites is 1. The number of benzene rings is 2. The van der Waals surface area contributed by atoms with Crippen molar-refractivity contribution in [1.29, 1.82) is 0 Å². The fourth-order valence-electron chi connectivity index (χ4n) is 3.97. The van der Waals surface area contributed by atoms with Gasteiger partial charge in [0.15, 0.2) is 0 Å². The Morgan fingerprint density at radius 2 is 1.61 bits per heavy atom. The highest BCUT2D eigenvalue weighted by atomic mass is 32.2. The van der Waals surface area contributed by atoms with Crippen LogP contribution in [0.5, 0.6) is 5.75 Å². The van der Waals surface area contributed by atoms with Crippen molar-refractivity contribution in [2.24, 2.45) is 5.92 Å². The maximum absolute atomic E-state index is 13.3. The van der Waals surface area contributed by atoms with Crippen molar-refractivity contribution in [2.75, 3.05) is 37.7 Å². The summed E-state index contributed by atoms with van der Waals surface area (Å²) >= 11 is 0. The molecule has 2 heterocycles. The molecule has 8 heteroatoms. The van der Waals surface area contributed by atoms with Gasteiger partial charge in [-0.3, -0.25) is 4.79 Å². The largest absolute Gasteiger partial charge is 0.486 e. The summed E-state index contributed by atoms with van der Waals surface area (Å²) < 4.78 is 22.3. The quantitative estimate of drug-likeness (QED) is 0.513. The predicted molar refractivity (Wildman–Crippen MR) is 130 cm³/mol. The Balaban J connectivity index is 1.32. The normalized spacial score (nSPS) is 17.6. The zero-order valence-corrected chi connectivity index (χ0v) is 19.3. The molecule has 2 aromatic carbocycles. The molecule has 0 radical (unpaired) electrons. The topological polar surface area (TPSA) is 67.7 Å². The van der Waals surface area contributed by atoms with Crippen molar-refractivity contribution in [1.82, 2.24) is 14.1 Å². The molecule has 1 aliphatic heterocycles.